The minimum Gasteiger partial charge on any atom is -0.338 e. The van der Waals surface area contributed by atoms with Crippen LogP contribution >= 0.6 is 11.8 Å². The summed E-state index contributed by atoms with van der Waals surface area (Å²) in [6.07, 6.45) is 0.829. The summed E-state index contributed by atoms with van der Waals surface area (Å²) in [5.41, 5.74) is 0.0867. The predicted octanol–water partition coefficient (Wildman–Crippen LogP) is 2.88. The van der Waals surface area contributed by atoms with Gasteiger partial charge in [0.1, 0.15) is 5.82 Å². The summed E-state index contributed by atoms with van der Waals surface area (Å²) in [4.78, 5) is 11.6. The average Bonchev–Trinajstić information content (AvgIpc) is 2.48. The van der Waals surface area contributed by atoms with Gasteiger partial charge >= 0.3 is 6.03 Å². The van der Waals surface area contributed by atoms with Crippen LogP contribution in [0.2, 0.25) is 0 Å². The number of thioether (sulfide) groups is 1. The van der Waals surface area contributed by atoms with Gasteiger partial charge < -0.3 is 10.6 Å². The zero-order valence-electron chi connectivity index (χ0n) is 12.7. The highest BCUT2D eigenvalue weighted by atomic mass is 32.2. The predicted molar refractivity (Wildman–Crippen MR) is 88.8 cm³/mol. The topological polar surface area (TPSA) is 75.3 Å². The van der Waals surface area contributed by atoms with Crippen molar-refractivity contribution in [1.29, 1.82) is 0 Å². The molecule has 8 heteroatoms. The number of urea groups is 1. The van der Waals surface area contributed by atoms with Crippen LogP contribution in [0.25, 0.3) is 0 Å². The Labute approximate surface area is 135 Å². The fourth-order valence-corrected chi connectivity index (χ4v) is 3.39. The maximum Gasteiger partial charge on any atom is 0.319 e. The number of carbonyl (C=O) groups excluding carboxylic acids is 1. The number of nitrogens with one attached hydrogen (secondary N) is 2. The monoisotopic (exact) mass is 348 g/mol. The average molecular weight is 348 g/mol. The van der Waals surface area contributed by atoms with Crippen molar-refractivity contribution in [2.75, 3.05) is 29.1 Å². The van der Waals surface area contributed by atoms with E-state index >= 15 is 0 Å². The molecule has 0 aliphatic rings. The number of halogens is 1. The minimum absolute atomic E-state index is 0.0867. The first-order valence-corrected chi connectivity index (χ1v) is 9.86. The number of hydrogen-bond acceptors (Lipinski definition) is 4. The summed E-state index contributed by atoms with van der Waals surface area (Å²) >= 11 is 1.78. The highest BCUT2D eigenvalue weighted by Gasteiger charge is 2.18. The lowest BCUT2D eigenvalue weighted by Crippen LogP contribution is -2.30. The van der Waals surface area contributed by atoms with E-state index in [2.05, 4.69) is 17.6 Å². The Bertz CT molecular complexity index is 606. The van der Waals surface area contributed by atoms with E-state index in [4.69, 9.17) is 0 Å². The van der Waals surface area contributed by atoms with E-state index in [1.807, 2.05) is 0 Å². The third-order valence-electron chi connectivity index (χ3n) is 2.86. The Balaban J connectivity index is 2.71. The molecule has 1 aromatic rings. The number of benzene rings is 1. The molecule has 1 aromatic carbocycles. The number of hydrogen-bond donors (Lipinski definition) is 2. The number of carbonyl (C=O) groups is 1. The van der Waals surface area contributed by atoms with Crippen molar-refractivity contribution in [3.05, 3.63) is 24.0 Å². The van der Waals surface area contributed by atoms with Crippen LogP contribution < -0.4 is 10.6 Å². The van der Waals surface area contributed by atoms with Crippen molar-refractivity contribution in [3.63, 3.8) is 0 Å². The molecule has 0 aromatic heterocycles. The second kappa shape index (κ2) is 8.99. The number of sulfone groups is 1. The van der Waals surface area contributed by atoms with E-state index < -0.39 is 21.7 Å². The lowest BCUT2D eigenvalue weighted by molar-refractivity contribution is 0.252. The number of amides is 2. The highest BCUT2D eigenvalue weighted by molar-refractivity contribution is 7.99. The normalized spacial score (nSPS) is 11.2. The fraction of sp³-hybridized carbons (Fsp3) is 0.500. The van der Waals surface area contributed by atoms with Crippen molar-refractivity contribution in [2.24, 2.45) is 0 Å². The van der Waals surface area contributed by atoms with Gasteiger partial charge in [-0.25, -0.2) is 17.6 Å². The Kier molecular flexibility index (Phi) is 7.67. The molecule has 0 spiro atoms. The van der Waals surface area contributed by atoms with E-state index in [0.717, 1.165) is 30.1 Å². The van der Waals surface area contributed by atoms with Crippen LogP contribution in [0.3, 0.4) is 0 Å². The number of rotatable bonds is 8. The molecule has 0 atom stereocenters. The van der Waals surface area contributed by atoms with E-state index in [1.54, 1.807) is 11.8 Å². The van der Waals surface area contributed by atoms with E-state index in [9.17, 15) is 17.6 Å². The van der Waals surface area contributed by atoms with Crippen LogP contribution in [-0.4, -0.2) is 38.3 Å². The van der Waals surface area contributed by atoms with Gasteiger partial charge in [-0.2, -0.15) is 11.8 Å². The van der Waals surface area contributed by atoms with Gasteiger partial charge in [0.25, 0.3) is 0 Å². The SMILES string of the molecule is CCSCCCNC(=O)Nc1ccc(F)cc1S(=O)(=O)CC. The molecular formula is C14H21FN2O3S2. The van der Waals surface area contributed by atoms with Crippen molar-refractivity contribution < 1.29 is 17.6 Å². The van der Waals surface area contributed by atoms with Gasteiger partial charge in [0.15, 0.2) is 9.84 Å². The molecule has 2 N–H and O–H groups in total. The zero-order chi connectivity index (χ0) is 16.6. The molecule has 124 valence electrons. The maximum atomic E-state index is 13.3. The summed E-state index contributed by atoms with van der Waals surface area (Å²) < 4.78 is 37.2. The summed E-state index contributed by atoms with van der Waals surface area (Å²) in [5.74, 6) is 1.15. The van der Waals surface area contributed by atoms with Crippen LogP contribution in [0.15, 0.2) is 23.1 Å². The Morgan fingerprint density at radius 2 is 2.05 bits per heavy atom. The van der Waals surface area contributed by atoms with Gasteiger partial charge in [-0.15, -0.1) is 0 Å². The van der Waals surface area contributed by atoms with Gasteiger partial charge in [-0.1, -0.05) is 13.8 Å². The molecule has 0 saturated heterocycles. The lowest BCUT2D eigenvalue weighted by Gasteiger charge is -2.12. The molecule has 0 aliphatic heterocycles. The summed E-state index contributed by atoms with van der Waals surface area (Å²) in [6.45, 7) is 4.03. The van der Waals surface area contributed by atoms with E-state index in [0.29, 0.717) is 6.54 Å². The quantitative estimate of drug-likeness (QED) is 0.708. The number of anilines is 1. The highest BCUT2D eigenvalue weighted by Crippen LogP contribution is 2.23. The van der Waals surface area contributed by atoms with Crippen molar-refractivity contribution in [3.8, 4) is 0 Å². The molecule has 1 rings (SSSR count). The molecule has 22 heavy (non-hydrogen) atoms. The molecule has 2 amide bonds. The Morgan fingerprint density at radius 3 is 2.68 bits per heavy atom. The third-order valence-corrected chi connectivity index (χ3v) is 5.62. The van der Waals surface area contributed by atoms with Crippen LogP contribution in [0, 0.1) is 5.82 Å². The first-order valence-electron chi connectivity index (χ1n) is 7.05. The van der Waals surface area contributed by atoms with Gasteiger partial charge in [-0.3, -0.25) is 0 Å². The lowest BCUT2D eigenvalue weighted by atomic mass is 10.3. The fourth-order valence-electron chi connectivity index (χ4n) is 1.70. The zero-order valence-corrected chi connectivity index (χ0v) is 14.3. The molecule has 0 fully saturated rings. The molecule has 0 bridgehead atoms. The molecule has 5 nitrogen and oxygen atoms in total. The van der Waals surface area contributed by atoms with Gasteiger partial charge in [0.05, 0.1) is 16.3 Å². The van der Waals surface area contributed by atoms with Crippen molar-refractivity contribution in [1.82, 2.24) is 5.32 Å². The van der Waals surface area contributed by atoms with Crippen LogP contribution in [0.5, 0.6) is 0 Å². The summed E-state index contributed by atoms with van der Waals surface area (Å²) in [7, 11) is -3.62. The van der Waals surface area contributed by atoms with E-state index in [-0.39, 0.29) is 16.3 Å². The first kappa shape index (κ1) is 18.8. The minimum atomic E-state index is -3.62. The van der Waals surface area contributed by atoms with Crippen LogP contribution in [0.4, 0.5) is 14.9 Å². The Hall–Kier alpha value is -1.28. The standard InChI is InChI=1S/C14H21FN2O3S2/c1-3-21-9-5-8-16-14(18)17-12-7-6-11(15)10-13(12)22(19,20)4-2/h6-7,10H,3-5,8-9H2,1-2H3,(H2,16,17,18). The molecule has 0 unspecified atom stereocenters. The molecule has 0 radical (unpaired) electrons. The van der Waals surface area contributed by atoms with Crippen LogP contribution in [0.1, 0.15) is 20.3 Å². The molecule has 0 saturated carbocycles. The molecule has 0 aliphatic carbocycles. The van der Waals surface area contributed by atoms with Crippen molar-refractivity contribution in [2.45, 2.75) is 25.2 Å². The second-order valence-electron chi connectivity index (χ2n) is 4.48. The van der Waals surface area contributed by atoms with E-state index in [1.165, 1.54) is 13.0 Å². The summed E-state index contributed by atoms with van der Waals surface area (Å²) in [5, 5.41) is 5.12. The molecular weight excluding hydrogens is 327 g/mol. The smallest absolute Gasteiger partial charge is 0.319 e. The third kappa shape index (κ3) is 5.84. The largest absolute Gasteiger partial charge is 0.338 e. The molecule has 0 heterocycles. The van der Waals surface area contributed by atoms with Crippen molar-refractivity contribution >= 4 is 33.3 Å². The van der Waals surface area contributed by atoms with Gasteiger partial charge in [0.2, 0.25) is 0 Å². The van der Waals surface area contributed by atoms with Gasteiger partial charge in [-0.05, 0) is 36.1 Å². The second-order valence-corrected chi connectivity index (χ2v) is 8.12. The first-order chi connectivity index (χ1) is 10.4. The van der Waals surface area contributed by atoms with Crippen LogP contribution in [-0.2, 0) is 9.84 Å². The maximum absolute atomic E-state index is 13.3. The Morgan fingerprint density at radius 1 is 1.32 bits per heavy atom. The van der Waals surface area contributed by atoms with Gasteiger partial charge in [0, 0.05) is 6.54 Å². The summed E-state index contributed by atoms with van der Waals surface area (Å²) in [6, 6.07) is 2.79.